The van der Waals surface area contributed by atoms with Crippen LogP contribution in [0.2, 0.25) is 0 Å². The van der Waals surface area contributed by atoms with E-state index in [1.165, 1.54) is 0 Å². The molecule has 2 N–H and O–H groups in total. The number of nitrogens with zero attached hydrogens (tertiary/aromatic N) is 2. The Morgan fingerprint density at radius 1 is 1.48 bits per heavy atom. The summed E-state index contributed by atoms with van der Waals surface area (Å²) in [5.74, 6) is 1.07. The number of ether oxygens (including phenoxy) is 1. The highest BCUT2D eigenvalue weighted by Crippen LogP contribution is 2.16. The van der Waals surface area contributed by atoms with Crippen LogP contribution in [0.25, 0.3) is 0 Å². The lowest BCUT2D eigenvalue weighted by molar-refractivity contribution is -0.135. The van der Waals surface area contributed by atoms with Crippen LogP contribution in [0.5, 0.6) is 0 Å². The molecule has 6 heteroatoms. The first-order valence-electron chi connectivity index (χ1n) is 7.90. The predicted octanol–water partition coefficient (Wildman–Crippen LogP) is 1.03. The van der Waals surface area contributed by atoms with Crippen LogP contribution in [-0.2, 0) is 9.53 Å². The molecule has 1 fully saturated rings. The van der Waals surface area contributed by atoms with Crippen molar-refractivity contribution in [1.29, 1.82) is 0 Å². The van der Waals surface area contributed by atoms with Crippen LogP contribution in [0, 0.1) is 0 Å². The average Bonchev–Trinajstić information content (AvgIpc) is 2.50. The highest BCUT2D eigenvalue weighted by Gasteiger charge is 2.30. The zero-order valence-corrected chi connectivity index (χ0v) is 14.5. The number of methoxy groups -OCH3 is 1. The van der Waals surface area contributed by atoms with Crippen molar-refractivity contribution in [2.24, 2.45) is 5.73 Å². The second-order valence-corrected chi connectivity index (χ2v) is 6.63. The van der Waals surface area contributed by atoms with Crippen molar-refractivity contribution in [1.82, 2.24) is 9.80 Å². The van der Waals surface area contributed by atoms with Crippen molar-refractivity contribution < 1.29 is 9.53 Å². The van der Waals surface area contributed by atoms with Crippen molar-refractivity contribution in [3.8, 4) is 0 Å². The number of amides is 1. The van der Waals surface area contributed by atoms with Gasteiger partial charge in [0.1, 0.15) is 0 Å². The van der Waals surface area contributed by atoms with E-state index >= 15 is 0 Å². The van der Waals surface area contributed by atoms with Gasteiger partial charge in [0.25, 0.3) is 0 Å². The summed E-state index contributed by atoms with van der Waals surface area (Å²) in [6, 6.07) is 0.0980. The van der Waals surface area contributed by atoms with E-state index in [-0.39, 0.29) is 11.9 Å². The molecule has 0 radical (unpaired) electrons. The molecule has 0 aliphatic carbocycles. The van der Waals surface area contributed by atoms with E-state index in [0.29, 0.717) is 6.04 Å². The number of carbonyl (C=O) groups excluding carboxylic acids is 1. The summed E-state index contributed by atoms with van der Waals surface area (Å²) >= 11 is 1.74. The lowest BCUT2D eigenvalue weighted by atomic mass is 10.1. The summed E-state index contributed by atoms with van der Waals surface area (Å²) in [4.78, 5) is 16.8. The van der Waals surface area contributed by atoms with Crippen molar-refractivity contribution in [3.05, 3.63) is 0 Å². The Morgan fingerprint density at radius 2 is 2.24 bits per heavy atom. The summed E-state index contributed by atoms with van der Waals surface area (Å²) in [6.45, 7) is 6.41. The van der Waals surface area contributed by atoms with Gasteiger partial charge in [-0.3, -0.25) is 9.69 Å². The molecule has 0 spiro atoms. The molecule has 2 atom stereocenters. The molecule has 0 aromatic rings. The highest BCUT2D eigenvalue weighted by molar-refractivity contribution is 7.98. The Bertz CT molecular complexity index is 305. The molecule has 1 amide bonds. The van der Waals surface area contributed by atoms with Crippen LogP contribution in [0.1, 0.15) is 26.2 Å². The van der Waals surface area contributed by atoms with Crippen molar-refractivity contribution in [2.45, 2.75) is 38.3 Å². The minimum atomic E-state index is -0.342. The smallest absolute Gasteiger partial charge is 0.239 e. The van der Waals surface area contributed by atoms with Crippen molar-refractivity contribution in [2.75, 3.05) is 51.9 Å². The van der Waals surface area contributed by atoms with E-state index in [9.17, 15) is 4.79 Å². The van der Waals surface area contributed by atoms with Gasteiger partial charge in [-0.1, -0.05) is 13.3 Å². The van der Waals surface area contributed by atoms with Gasteiger partial charge in [-0.05, 0) is 24.9 Å². The van der Waals surface area contributed by atoms with Crippen molar-refractivity contribution in [3.63, 3.8) is 0 Å². The maximum Gasteiger partial charge on any atom is 0.239 e. The topological polar surface area (TPSA) is 58.8 Å². The first-order valence-corrected chi connectivity index (χ1v) is 9.29. The number of hydrogen-bond donors (Lipinski definition) is 1. The summed E-state index contributed by atoms with van der Waals surface area (Å²) < 4.78 is 5.18. The van der Waals surface area contributed by atoms with Gasteiger partial charge in [-0.15, -0.1) is 0 Å². The van der Waals surface area contributed by atoms with E-state index in [1.54, 1.807) is 18.9 Å². The number of piperazine rings is 1. The standard InChI is InChI=1S/C15H31N3O2S/c1-4-5-13-12-18(8-7-17(13)9-10-20-2)15(19)14(16)6-11-21-3/h13-14H,4-12,16H2,1-3H3. The number of nitrogens with two attached hydrogens (primary N) is 1. The fourth-order valence-electron chi connectivity index (χ4n) is 2.81. The zero-order valence-electron chi connectivity index (χ0n) is 13.7. The lowest BCUT2D eigenvalue weighted by Gasteiger charge is -2.42. The van der Waals surface area contributed by atoms with E-state index in [1.807, 2.05) is 11.2 Å². The van der Waals surface area contributed by atoms with Gasteiger partial charge < -0.3 is 15.4 Å². The molecule has 1 aliphatic rings. The minimum Gasteiger partial charge on any atom is -0.383 e. The summed E-state index contributed by atoms with van der Waals surface area (Å²) in [5.41, 5.74) is 6.03. The second-order valence-electron chi connectivity index (χ2n) is 5.64. The number of rotatable bonds is 9. The first kappa shape index (κ1) is 18.7. The van der Waals surface area contributed by atoms with Gasteiger partial charge >= 0.3 is 0 Å². The third-order valence-electron chi connectivity index (χ3n) is 4.07. The van der Waals surface area contributed by atoms with Crippen LogP contribution in [-0.4, -0.2) is 79.7 Å². The Kier molecular flexibility index (Phi) is 9.31. The van der Waals surface area contributed by atoms with Gasteiger partial charge in [-0.2, -0.15) is 11.8 Å². The zero-order chi connectivity index (χ0) is 15.7. The van der Waals surface area contributed by atoms with Gasteiger partial charge in [0.15, 0.2) is 0 Å². The van der Waals surface area contributed by atoms with Crippen LogP contribution >= 0.6 is 11.8 Å². The molecule has 0 aromatic carbocycles. The van der Waals surface area contributed by atoms with E-state index in [4.69, 9.17) is 10.5 Å². The Hall–Kier alpha value is -0.300. The Labute approximate surface area is 133 Å². The summed E-state index contributed by atoms with van der Waals surface area (Å²) in [5, 5.41) is 0. The molecule has 1 aliphatic heterocycles. The monoisotopic (exact) mass is 317 g/mol. The first-order chi connectivity index (χ1) is 10.1. The maximum atomic E-state index is 12.4. The number of carbonyl (C=O) groups is 1. The minimum absolute atomic E-state index is 0.122. The molecule has 124 valence electrons. The molecular weight excluding hydrogens is 286 g/mol. The largest absolute Gasteiger partial charge is 0.383 e. The molecule has 0 bridgehead atoms. The SMILES string of the molecule is CCCC1CN(C(=O)C(N)CCSC)CCN1CCOC. The van der Waals surface area contributed by atoms with Gasteiger partial charge in [0.2, 0.25) is 5.91 Å². The quantitative estimate of drug-likeness (QED) is 0.688. The lowest BCUT2D eigenvalue weighted by Crippen LogP contribution is -2.58. The average molecular weight is 317 g/mol. The van der Waals surface area contributed by atoms with E-state index in [0.717, 1.165) is 57.8 Å². The third kappa shape index (κ3) is 6.14. The molecule has 0 aromatic heterocycles. The molecule has 1 rings (SSSR count). The third-order valence-corrected chi connectivity index (χ3v) is 4.71. The highest BCUT2D eigenvalue weighted by atomic mass is 32.2. The fraction of sp³-hybridized carbons (Fsp3) is 0.933. The summed E-state index contributed by atoms with van der Waals surface area (Å²) in [6.07, 6.45) is 5.06. The molecule has 1 heterocycles. The van der Waals surface area contributed by atoms with Crippen LogP contribution in [0.3, 0.4) is 0 Å². The number of hydrogen-bond acceptors (Lipinski definition) is 5. The van der Waals surface area contributed by atoms with Gasteiger partial charge in [-0.25, -0.2) is 0 Å². The van der Waals surface area contributed by atoms with Crippen LogP contribution < -0.4 is 5.73 Å². The van der Waals surface area contributed by atoms with Gasteiger partial charge in [0, 0.05) is 39.3 Å². The Balaban J connectivity index is 2.53. The number of thioether (sulfide) groups is 1. The fourth-order valence-corrected chi connectivity index (χ4v) is 3.30. The molecule has 5 nitrogen and oxygen atoms in total. The van der Waals surface area contributed by atoms with E-state index < -0.39 is 0 Å². The van der Waals surface area contributed by atoms with Crippen LogP contribution in [0.4, 0.5) is 0 Å². The molecular formula is C15H31N3O2S. The van der Waals surface area contributed by atoms with Crippen molar-refractivity contribution >= 4 is 17.7 Å². The normalized spacial score (nSPS) is 21.5. The molecule has 0 saturated carbocycles. The molecule has 1 saturated heterocycles. The second kappa shape index (κ2) is 10.4. The van der Waals surface area contributed by atoms with Crippen LogP contribution in [0.15, 0.2) is 0 Å². The molecule has 2 unspecified atom stereocenters. The predicted molar refractivity (Wildman–Crippen MR) is 89.7 cm³/mol. The molecule has 21 heavy (non-hydrogen) atoms. The van der Waals surface area contributed by atoms with Gasteiger partial charge in [0.05, 0.1) is 12.6 Å². The maximum absolute atomic E-state index is 12.4. The Morgan fingerprint density at radius 3 is 2.86 bits per heavy atom. The summed E-state index contributed by atoms with van der Waals surface area (Å²) in [7, 11) is 1.74. The van der Waals surface area contributed by atoms with E-state index in [2.05, 4.69) is 11.8 Å².